The van der Waals surface area contributed by atoms with Gasteiger partial charge >= 0.3 is 12.1 Å². The first-order valence-corrected chi connectivity index (χ1v) is 12.7. The topological polar surface area (TPSA) is 189 Å². The molecule has 0 bridgehead atoms. The number of benzene rings is 2. The quantitative estimate of drug-likeness (QED) is 0.114. The Morgan fingerprint density at radius 1 is 1.02 bits per heavy atom. The fraction of sp³-hybridized carbons (Fsp3) is 0.250. The number of carboxylic acid groups (broad SMARTS) is 1. The van der Waals surface area contributed by atoms with Crippen molar-refractivity contribution >= 4 is 29.3 Å². The summed E-state index contributed by atoms with van der Waals surface area (Å²) < 4.78 is 43.3. The Labute approximate surface area is 244 Å². The maximum Gasteiger partial charge on any atom is 0.490 e. The number of nitrogen functional groups attached to an aromatic ring is 1. The first-order valence-electron chi connectivity index (χ1n) is 12.7. The molecule has 0 aliphatic heterocycles. The number of carbonyl (C=O) groups is 3. The molecule has 12 nitrogen and oxygen atoms in total. The van der Waals surface area contributed by atoms with Crippen LogP contribution < -0.4 is 31.4 Å². The van der Waals surface area contributed by atoms with Gasteiger partial charge in [-0.05, 0) is 74.9 Å². The highest BCUT2D eigenvalue weighted by atomic mass is 19.4. The third-order valence-corrected chi connectivity index (χ3v) is 5.20. The van der Waals surface area contributed by atoms with Gasteiger partial charge in [0.2, 0.25) is 0 Å². The maximum atomic E-state index is 13.3. The number of amides is 2. The molecular formula is C28H31F3N6O6. The number of nitrogens with zero attached hydrogens (tertiary/aromatic N) is 1. The standard InChI is InChI=1S/C26H30N6O4.C2HF3O2/c1-4-35-22-14-18(9-12-21(22)36-16(2)3)23(30-20-10-7-17(8-11-20)24(27)28)26(34)32-31-25(33)19-6-5-13-29-15-19;3-2(4,5)1(6)7/h5-16,23,30H,4H2,1-3H3,(H3,27,28)(H,31,33)(H,32,34);(H,6,7). The lowest BCUT2D eigenvalue weighted by Gasteiger charge is -2.22. The van der Waals surface area contributed by atoms with Crippen LogP contribution in [0.15, 0.2) is 67.0 Å². The summed E-state index contributed by atoms with van der Waals surface area (Å²) in [6.07, 6.45) is -2.19. The zero-order valence-corrected chi connectivity index (χ0v) is 23.4. The van der Waals surface area contributed by atoms with Gasteiger partial charge in [-0.25, -0.2) is 4.79 Å². The highest BCUT2D eigenvalue weighted by molar-refractivity contribution is 5.96. The molecule has 2 aromatic carbocycles. The number of rotatable bonds is 10. The molecule has 7 N–H and O–H groups in total. The van der Waals surface area contributed by atoms with Crippen molar-refractivity contribution < 1.29 is 42.1 Å². The van der Waals surface area contributed by atoms with Gasteiger partial charge in [0.1, 0.15) is 11.9 Å². The zero-order chi connectivity index (χ0) is 32.2. The monoisotopic (exact) mass is 604 g/mol. The summed E-state index contributed by atoms with van der Waals surface area (Å²) in [5, 5.41) is 17.9. The number of nitrogens with one attached hydrogen (secondary N) is 4. The molecule has 0 spiro atoms. The third kappa shape index (κ3) is 10.9. The van der Waals surface area contributed by atoms with Crippen LogP contribution in [0.2, 0.25) is 0 Å². The van der Waals surface area contributed by atoms with E-state index in [-0.39, 0.29) is 11.9 Å². The molecule has 1 aromatic heterocycles. The van der Waals surface area contributed by atoms with Gasteiger partial charge in [-0.15, -0.1) is 0 Å². The van der Waals surface area contributed by atoms with Crippen molar-refractivity contribution in [2.45, 2.75) is 39.1 Å². The molecule has 230 valence electrons. The number of hydrogen-bond donors (Lipinski definition) is 6. The number of ether oxygens (including phenoxy) is 2. The Kier molecular flexibility index (Phi) is 12.3. The second-order valence-electron chi connectivity index (χ2n) is 8.86. The Bertz CT molecular complexity index is 1400. The minimum atomic E-state index is -5.08. The van der Waals surface area contributed by atoms with Crippen molar-refractivity contribution in [2.75, 3.05) is 11.9 Å². The second kappa shape index (κ2) is 15.6. The van der Waals surface area contributed by atoms with Crippen LogP contribution in [-0.4, -0.2) is 52.6 Å². The number of nitrogens with two attached hydrogens (primary N) is 1. The highest BCUT2D eigenvalue weighted by Gasteiger charge is 2.38. The summed E-state index contributed by atoms with van der Waals surface area (Å²) >= 11 is 0. The molecule has 1 atom stereocenters. The van der Waals surface area contributed by atoms with Crippen molar-refractivity contribution in [3.63, 3.8) is 0 Å². The molecular weight excluding hydrogens is 573 g/mol. The normalized spacial score (nSPS) is 11.3. The molecule has 0 radical (unpaired) electrons. The van der Waals surface area contributed by atoms with Crippen LogP contribution in [0.5, 0.6) is 11.5 Å². The lowest BCUT2D eigenvalue weighted by Crippen LogP contribution is -2.45. The van der Waals surface area contributed by atoms with E-state index in [2.05, 4.69) is 21.2 Å². The summed E-state index contributed by atoms with van der Waals surface area (Å²) in [4.78, 5) is 38.5. The van der Waals surface area contributed by atoms with E-state index in [0.29, 0.717) is 40.5 Å². The van der Waals surface area contributed by atoms with Crippen molar-refractivity contribution in [1.82, 2.24) is 15.8 Å². The molecule has 43 heavy (non-hydrogen) atoms. The van der Waals surface area contributed by atoms with Crippen LogP contribution in [0.4, 0.5) is 18.9 Å². The number of carbonyl (C=O) groups excluding carboxylic acids is 2. The number of alkyl halides is 3. The lowest BCUT2D eigenvalue weighted by atomic mass is 10.0. The van der Waals surface area contributed by atoms with E-state index < -0.39 is 30.0 Å². The van der Waals surface area contributed by atoms with Crippen LogP contribution in [0.25, 0.3) is 0 Å². The largest absolute Gasteiger partial charge is 0.490 e. The molecule has 3 rings (SSSR count). The van der Waals surface area contributed by atoms with Crippen LogP contribution in [-0.2, 0) is 9.59 Å². The van der Waals surface area contributed by atoms with E-state index in [9.17, 15) is 22.8 Å². The van der Waals surface area contributed by atoms with Gasteiger partial charge in [0.25, 0.3) is 11.8 Å². The van der Waals surface area contributed by atoms with E-state index in [1.165, 1.54) is 6.20 Å². The van der Waals surface area contributed by atoms with Crippen molar-refractivity contribution in [3.8, 4) is 11.5 Å². The molecule has 3 aromatic rings. The number of aliphatic carboxylic acids is 1. The number of carboxylic acids is 1. The van der Waals surface area contributed by atoms with Crippen molar-refractivity contribution in [2.24, 2.45) is 5.73 Å². The molecule has 2 amide bonds. The number of hydrogen-bond acceptors (Lipinski definition) is 8. The van der Waals surface area contributed by atoms with Crippen molar-refractivity contribution in [1.29, 1.82) is 5.41 Å². The zero-order valence-electron chi connectivity index (χ0n) is 23.4. The first kappa shape index (κ1) is 33.9. The number of pyridine rings is 1. The average molecular weight is 605 g/mol. The van der Waals surface area contributed by atoms with Gasteiger partial charge in [-0.1, -0.05) is 6.07 Å². The van der Waals surface area contributed by atoms with Gasteiger partial charge in [0.05, 0.1) is 18.3 Å². The summed E-state index contributed by atoms with van der Waals surface area (Å²) in [6, 6.07) is 14.3. The predicted molar refractivity (Wildman–Crippen MR) is 151 cm³/mol. The van der Waals surface area contributed by atoms with Gasteiger partial charge in [-0.2, -0.15) is 13.2 Å². The van der Waals surface area contributed by atoms with E-state index in [0.717, 1.165) is 0 Å². The molecule has 1 heterocycles. The van der Waals surface area contributed by atoms with Crippen LogP contribution in [0, 0.1) is 5.41 Å². The molecule has 0 saturated heterocycles. The fourth-order valence-corrected chi connectivity index (χ4v) is 3.30. The summed E-state index contributed by atoms with van der Waals surface area (Å²) in [5.41, 5.74) is 12.5. The first-order chi connectivity index (χ1) is 20.2. The Morgan fingerprint density at radius 2 is 1.67 bits per heavy atom. The van der Waals surface area contributed by atoms with Gasteiger partial charge in [0.15, 0.2) is 11.5 Å². The SMILES string of the molecule is CCOc1cc(C(Nc2ccc(C(=N)N)cc2)C(=O)NNC(=O)c2cccnc2)ccc1OC(C)C.O=C(O)C(F)(F)F. The summed E-state index contributed by atoms with van der Waals surface area (Å²) in [5.74, 6) is -2.77. The van der Waals surface area contributed by atoms with Crippen molar-refractivity contribution in [3.05, 3.63) is 83.7 Å². The molecule has 0 aliphatic rings. The summed E-state index contributed by atoms with van der Waals surface area (Å²) in [7, 11) is 0. The minimum Gasteiger partial charge on any atom is -0.490 e. The molecule has 0 saturated carbocycles. The van der Waals surface area contributed by atoms with E-state index in [4.69, 9.17) is 30.5 Å². The number of hydrazine groups is 1. The summed E-state index contributed by atoms with van der Waals surface area (Å²) in [6.45, 7) is 6.10. The van der Waals surface area contributed by atoms with Gasteiger partial charge < -0.3 is 25.6 Å². The molecule has 1 unspecified atom stereocenters. The number of halogens is 3. The van der Waals surface area contributed by atoms with Gasteiger partial charge in [-0.3, -0.25) is 30.8 Å². The maximum absolute atomic E-state index is 13.3. The third-order valence-electron chi connectivity index (χ3n) is 5.20. The Balaban J connectivity index is 0.000000821. The Morgan fingerprint density at radius 3 is 2.19 bits per heavy atom. The minimum absolute atomic E-state index is 0.0592. The van der Waals surface area contributed by atoms with Crippen LogP contribution in [0.1, 0.15) is 48.3 Å². The second-order valence-corrected chi connectivity index (χ2v) is 8.86. The lowest BCUT2D eigenvalue weighted by molar-refractivity contribution is -0.192. The smallest absolute Gasteiger partial charge is 0.490 e. The highest BCUT2D eigenvalue weighted by Crippen LogP contribution is 2.33. The van der Waals surface area contributed by atoms with Gasteiger partial charge in [0, 0.05) is 23.6 Å². The number of anilines is 1. The predicted octanol–water partition coefficient (Wildman–Crippen LogP) is 3.80. The molecule has 0 fully saturated rings. The number of amidine groups is 1. The molecule has 15 heteroatoms. The van der Waals surface area contributed by atoms with E-state index >= 15 is 0 Å². The average Bonchev–Trinajstić information content (AvgIpc) is 2.96. The van der Waals surface area contributed by atoms with Crippen LogP contribution in [0.3, 0.4) is 0 Å². The fourth-order valence-electron chi connectivity index (χ4n) is 3.30. The molecule has 0 aliphatic carbocycles. The van der Waals surface area contributed by atoms with E-state index in [1.54, 1.807) is 60.8 Å². The van der Waals surface area contributed by atoms with E-state index in [1.807, 2.05) is 20.8 Å². The Hall–Kier alpha value is -5.34. The van der Waals surface area contributed by atoms with Crippen LogP contribution >= 0.6 is 0 Å². The number of aromatic nitrogens is 1.